The topological polar surface area (TPSA) is 61.8 Å². The Morgan fingerprint density at radius 2 is 1.29 bits per heavy atom. The molecular weight excluding hydrogens is 406 g/mol. The number of aliphatic imine (C=N–C) groups is 1. The van der Waals surface area contributed by atoms with Gasteiger partial charge in [0.05, 0.1) is 10.6 Å². The molecule has 0 fully saturated rings. The van der Waals surface area contributed by atoms with Crippen molar-refractivity contribution >= 4 is 15.9 Å². The molecule has 0 radical (unpaired) electrons. The normalized spacial score (nSPS) is 11.5. The van der Waals surface area contributed by atoms with E-state index in [4.69, 9.17) is 0 Å². The van der Waals surface area contributed by atoms with Crippen LogP contribution in [0.4, 0.5) is 0 Å². The molecule has 3 aromatic carbocycles. The number of sulfonamides is 1. The zero-order valence-corrected chi connectivity index (χ0v) is 18.0. The van der Waals surface area contributed by atoms with Crippen LogP contribution in [0.15, 0.2) is 126 Å². The van der Waals surface area contributed by atoms with E-state index in [1.54, 1.807) is 18.2 Å². The molecule has 158 valence electrons. The Labute approximate surface area is 184 Å². The van der Waals surface area contributed by atoms with Crippen molar-refractivity contribution in [2.75, 3.05) is 0 Å². The van der Waals surface area contributed by atoms with Gasteiger partial charge >= 0.3 is 0 Å². The SMILES string of the molecule is C=C/N=C(\C(=C)NS(=O)(=O)c1ccccc1)N(Cc1ccccc1)Cc1ccccc1. The molecule has 0 aliphatic carbocycles. The van der Waals surface area contributed by atoms with Crippen LogP contribution in [-0.4, -0.2) is 19.2 Å². The van der Waals surface area contributed by atoms with E-state index in [2.05, 4.69) is 22.9 Å². The fraction of sp³-hybridized carbons (Fsp3) is 0.0800. The lowest BCUT2D eigenvalue weighted by atomic mass is 10.1. The Morgan fingerprint density at radius 1 is 0.839 bits per heavy atom. The summed E-state index contributed by atoms with van der Waals surface area (Å²) in [7, 11) is -3.79. The number of hydrogen-bond donors (Lipinski definition) is 1. The zero-order valence-electron chi connectivity index (χ0n) is 17.2. The predicted octanol–water partition coefficient (Wildman–Crippen LogP) is 4.72. The lowest BCUT2D eigenvalue weighted by Gasteiger charge is -2.28. The van der Waals surface area contributed by atoms with Gasteiger partial charge in [-0.15, -0.1) is 0 Å². The number of nitrogens with zero attached hydrogens (tertiary/aromatic N) is 2. The summed E-state index contributed by atoms with van der Waals surface area (Å²) < 4.78 is 28.2. The van der Waals surface area contributed by atoms with Crippen molar-refractivity contribution in [1.29, 1.82) is 0 Å². The Kier molecular flexibility index (Phi) is 7.40. The van der Waals surface area contributed by atoms with E-state index in [9.17, 15) is 8.42 Å². The van der Waals surface area contributed by atoms with Crippen LogP contribution in [0.1, 0.15) is 11.1 Å². The minimum atomic E-state index is -3.79. The molecule has 6 heteroatoms. The maximum atomic E-state index is 12.8. The molecule has 0 unspecified atom stereocenters. The van der Waals surface area contributed by atoms with E-state index in [1.165, 1.54) is 18.3 Å². The Morgan fingerprint density at radius 3 is 1.74 bits per heavy atom. The first-order chi connectivity index (χ1) is 15.0. The standard InChI is InChI=1S/C25H25N3O2S/c1-3-26-25(21(2)27-31(29,30)24-17-11-6-12-18-24)28(19-22-13-7-4-8-14-22)20-23-15-9-5-10-16-23/h3-18,27H,1-2,19-20H2/b26-25+. The van der Waals surface area contributed by atoms with Crippen molar-refractivity contribution in [3.05, 3.63) is 127 Å². The third-order valence-corrected chi connectivity index (χ3v) is 5.93. The molecule has 0 heterocycles. The van der Waals surface area contributed by atoms with Crippen molar-refractivity contribution < 1.29 is 8.42 Å². The molecule has 0 atom stereocenters. The average Bonchev–Trinajstić information content (AvgIpc) is 2.79. The summed E-state index contributed by atoms with van der Waals surface area (Å²) >= 11 is 0. The van der Waals surface area contributed by atoms with Crippen molar-refractivity contribution in [2.24, 2.45) is 4.99 Å². The Hall–Kier alpha value is -3.64. The number of benzene rings is 3. The van der Waals surface area contributed by atoms with Crippen LogP contribution in [0.25, 0.3) is 0 Å². The fourth-order valence-electron chi connectivity index (χ4n) is 3.12. The zero-order chi connectivity index (χ0) is 22.1. The molecule has 0 aliphatic heterocycles. The van der Waals surface area contributed by atoms with Gasteiger partial charge in [-0.05, 0) is 23.3 Å². The average molecular weight is 432 g/mol. The summed E-state index contributed by atoms with van der Waals surface area (Å²) in [5.41, 5.74) is 2.30. The largest absolute Gasteiger partial charge is 0.346 e. The fourth-order valence-corrected chi connectivity index (χ4v) is 4.17. The monoisotopic (exact) mass is 431 g/mol. The minimum Gasteiger partial charge on any atom is -0.346 e. The van der Waals surface area contributed by atoms with Crippen LogP contribution < -0.4 is 4.72 Å². The molecule has 0 saturated heterocycles. The quantitative estimate of drug-likeness (QED) is 0.394. The molecule has 1 N–H and O–H groups in total. The van der Waals surface area contributed by atoms with Crippen molar-refractivity contribution in [1.82, 2.24) is 9.62 Å². The van der Waals surface area contributed by atoms with Gasteiger partial charge in [0.25, 0.3) is 10.0 Å². The molecular formula is C25H25N3O2S. The van der Waals surface area contributed by atoms with Crippen molar-refractivity contribution in [2.45, 2.75) is 18.0 Å². The summed E-state index contributed by atoms with van der Waals surface area (Å²) in [6, 6.07) is 28.0. The van der Waals surface area contributed by atoms with Gasteiger partial charge in [0.2, 0.25) is 0 Å². The van der Waals surface area contributed by atoms with E-state index in [1.807, 2.05) is 65.6 Å². The minimum absolute atomic E-state index is 0.159. The highest BCUT2D eigenvalue weighted by molar-refractivity contribution is 7.89. The molecule has 31 heavy (non-hydrogen) atoms. The molecule has 0 aromatic heterocycles. The van der Waals surface area contributed by atoms with E-state index in [0.29, 0.717) is 18.9 Å². The van der Waals surface area contributed by atoms with Gasteiger partial charge in [-0.1, -0.05) is 92.0 Å². The first-order valence-electron chi connectivity index (χ1n) is 9.78. The van der Waals surface area contributed by atoms with Crippen LogP contribution in [0.2, 0.25) is 0 Å². The summed E-state index contributed by atoms with van der Waals surface area (Å²) in [6.07, 6.45) is 1.39. The summed E-state index contributed by atoms with van der Waals surface area (Å²) in [6.45, 7) is 8.72. The molecule has 0 aliphatic rings. The molecule has 5 nitrogen and oxygen atoms in total. The van der Waals surface area contributed by atoms with E-state index >= 15 is 0 Å². The lowest BCUT2D eigenvalue weighted by Crippen LogP contribution is -2.37. The molecule has 0 bridgehead atoms. The second-order valence-corrected chi connectivity index (χ2v) is 8.54. The molecule has 3 rings (SSSR count). The second kappa shape index (κ2) is 10.4. The van der Waals surface area contributed by atoms with Crippen LogP contribution >= 0.6 is 0 Å². The Bertz CT molecular complexity index is 1100. The van der Waals surface area contributed by atoms with Gasteiger partial charge in [0, 0.05) is 19.3 Å². The highest BCUT2D eigenvalue weighted by Gasteiger charge is 2.21. The predicted molar refractivity (Wildman–Crippen MR) is 126 cm³/mol. The van der Waals surface area contributed by atoms with Gasteiger partial charge in [0.1, 0.15) is 0 Å². The first kappa shape index (κ1) is 22.1. The molecule has 0 amide bonds. The van der Waals surface area contributed by atoms with Crippen LogP contribution in [0.3, 0.4) is 0 Å². The van der Waals surface area contributed by atoms with Crippen molar-refractivity contribution in [3.8, 4) is 0 Å². The Balaban J connectivity index is 1.91. The van der Waals surface area contributed by atoms with Gasteiger partial charge in [-0.25, -0.2) is 13.4 Å². The summed E-state index contributed by atoms with van der Waals surface area (Å²) in [4.78, 5) is 6.51. The lowest BCUT2D eigenvalue weighted by molar-refractivity contribution is 0.405. The number of rotatable bonds is 9. The van der Waals surface area contributed by atoms with Crippen molar-refractivity contribution in [3.63, 3.8) is 0 Å². The number of nitrogens with one attached hydrogen (secondary N) is 1. The second-order valence-electron chi connectivity index (χ2n) is 6.86. The van der Waals surface area contributed by atoms with E-state index in [0.717, 1.165) is 11.1 Å². The third kappa shape index (κ3) is 6.17. The smallest absolute Gasteiger partial charge is 0.261 e. The van der Waals surface area contributed by atoms with Gasteiger partial charge < -0.3 is 4.90 Å². The highest BCUT2D eigenvalue weighted by Crippen LogP contribution is 2.16. The molecule has 0 saturated carbocycles. The van der Waals surface area contributed by atoms with E-state index < -0.39 is 10.0 Å². The maximum absolute atomic E-state index is 12.8. The first-order valence-corrected chi connectivity index (χ1v) is 11.3. The maximum Gasteiger partial charge on any atom is 0.261 e. The molecule has 0 spiro atoms. The third-order valence-electron chi connectivity index (χ3n) is 4.53. The molecule has 3 aromatic rings. The number of amidine groups is 1. The number of hydrogen-bond acceptors (Lipinski definition) is 3. The van der Waals surface area contributed by atoms with E-state index in [-0.39, 0.29) is 10.6 Å². The van der Waals surface area contributed by atoms with Gasteiger partial charge in [-0.3, -0.25) is 4.72 Å². The summed E-state index contributed by atoms with van der Waals surface area (Å²) in [5.74, 6) is 0.405. The van der Waals surface area contributed by atoms with Gasteiger partial charge in [-0.2, -0.15) is 0 Å². The van der Waals surface area contributed by atoms with Gasteiger partial charge in [0.15, 0.2) is 5.84 Å². The van der Waals surface area contributed by atoms with Crippen LogP contribution in [-0.2, 0) is 23.1 Å². The van der Waals surface area contributed by atoms with Crippen LogP contribution in [0.5, 0.6) is 0 Å². The highest BCUT2D eigenvalue weighted by atomic mass is 32.2. The van der Waals surface area contributed by atoms with Crippen LogP contribution in [0, 0.1) is 0 Å². The summed E-state index contributed by atoms with van der Waals surface area (Å²) in [5, 5.41) is 0.